The summed E-state index contributed by atoms with van der Waals surface area (Å²) in [7, 11) is 1.86. The zero-order valence-electron chi connectivity index (χ0n) is 18.9. The molecule has 1 amide bonds. The van der Waals surface area contributed by atoms with E-state index in [0.29, 0.717) is 5.16 Å². The molecule has 2 aromatic carbocycles. The van der Waals surface area contributed by atoms with Crippen LogP contribution in [0.2, 0.25) is 0 Å². The van der Waals surface area contributed by atoms with Crippen LogP contribution >= 0.6 is 11.8 Å². The molecule has 4 rings (SSSR count). The van der Waals surface area contributed by atoms with Gasteiger partial charge in [-0.25, -0.2) is 0 Å². The van der Waals surface area contributed by atoms with E-state index in [-0.39, 0.29) is 11.7 Å². The van der Waals surface area contributed by atoms with Gasteiger partial charge in [0.1, 0.15) is 0 Å². The quantitative estimate of drug-likeness (QED) is 0.437. The number of benzene rings is 2. The topological polar surface area (TPSA) is 77.6 Å². The predicted octanol–water partition coefficient (Wildman–Crippen LogP) is 4.63. The summed E-state index contributed by atoms with van der Waals surface area (Å²) >= 11 is 1.36. The molecule has 0 saturated heterocycles. The maximum Gasteiger partial charge on any atom is 0.234 e. The van der Waals surface area contributed by atoms with Gasteiger partial charge in [0.2, 0.25) is 5.91 Å². The number of anilines is 1. The van der Waals surface area contributed by atoms with Gasteiger partial charge in [-0.1, -0.05) is 59.3 Å². The third-order valence-corrected chi connectivity index (χ3v) is 6.27. The van der Waals surface area contributed by atoms with E-state index in [2.05, 4.69) is 58.7 Å². The molecule has 0 unspecified atom stereocenters. The van der Waals surface area contributed by atoms with Crippen LogP contribution in [0.1, 0.15) is 22.5 Å². The van der Waals surface area contributed by atoms with Gasteiger partial charge in [0, 0.05) is 18.3 Å². The van der Waals surface area contributed by atoms with Crippen molar-refractivity contribution in [1.29, 1.82) is 0 Å². The maximum atomic E-state index is 12.7. The first-order valence-electron chi connectivity index (χ1n) is 10.4. The van der Waals surface area contributed by atoms with E-state index in [9.17, 15) is 4.79 Å². The Hall–Kier alpha value is -3.39. The highest BCUT2D eigenvalue weighted by Gasteiger charge is 2.18. The lowest BCUT2D eigenvalue weighted by atomic mass is 10.1. The largest absolute Gasteiger partial charge is 0.322 e. The molecule has 8 heteroatoms. The van der Waals surface area contributed by atoms with E-state index in [4.69, 9.17) is 0 Å². The van der Waals surface area contributed by atoms with Gasteiger partial charge in [-0.05, 0) is 39.8 Å². The molecule has 32 heavy (non-hydrogen) atoms. The first-order chi connectivity index (χ1) is 15.3. The minimum Gasteiger partial charge on any atom is -0.322 e. The molecule has 0 aliphatic heterocycles. The number of nitrogens with zero attached hydrogens (tertiary/aromatic N) is 5. The van der Waals surface area contributed by atoms with E-state index in [1.165, 1.54) is 22.9 Å². The standard InChI is InChI=1S/C24H26N6OS/c1-15-6-10-19(11-7-15)23-26-27-24(30(23)20-12-8-16(2)9-13-20)32-14-21(31)25-22-17(3)28-29(5)18(22)4/h6-13H,14H2,1-5H3,(H,25,31). The van der Waals surface area contributed by atoms with Gasteiger partial charge in [0.15, 0.2) is 11.0 Å². The highest BCUT2D eigenvalue weighted by atomic mass is 32.2. The Morgan fingerprint density at radius 2 is 1.56 bits per heavy atom. The second kappa shape index (κ2) is 9.00. The van der Waals surface area contributed by atoms with Crippen LogP contribution in [0.5, 0.6) is 0 Å². The molecular formula is C24H26N6OS. The van der Waals surface area contributed by atoms with Gasteiger partial charge in [-0.15, -0.1) is 10.2 Å². The van der Waals surface area contributed by atoms with Crippen molar-refractivity contribution in [3.05, 3.63) is 71.0 Å². The van der Waals surface area contributed by atoms with Crippen molar-refractivity contribution in [2.24, 2.45) is 7.05 Å². The van der Waals surface area contributed by atoms with Crippen molar-refractivity contribution >= 4 is 23.4 Å². The van der Waals surface area contributed by atoms with Crippen LogP contribution in [0, 0.1) is 27.7 Å². The average Bonchev–Trinajstić information content (AvgIpc) is 3.29. The predicted molar refractivity (Wildman–Crippen MR) is 128 cm³/mol. The second-order valence-electron chi connectivity index (χ2n) is 7.85. The summed E-state index contributed by atoms with van der Waals surface area (Å²) in [4.78, 5) is 12.7. The summed E-state index contributed by atoms with van der Waals surface area (Å²) in [6.07, 6.45) is 0. The molecule has 2 heterocycles. The first kappa shape index (κ1) is 21.8. The van der Waals surface area contributed by atoms with Crippen molar-refractivity contribution in [1.82, 2.24) is 24.5 Å². The van der Waals surface area contributed by atoms with Crippen LogP contribution < -0.4 is 5.32 Å². The Bertz CT molecular complexity index is 1260. The fraction of sp³-hybridized carbons (Fsp3) is 0.250. The van der Waals surface area contributed by atoms with Crippen LogP contribution in [0.4, 0.5) is 5.69 Å². The summed E-state index contributed by atoms with van der Waals surface area (Å²) < 4.78 is 3.77. The monoisotopic (exact) mass is 446 g/mol. The van der Waals surface area contributed by atoms with Gasteiger partial charge in [-0.3, -0.25) is 14.0 Å². The molecule has 0 aliphatic carbocycles. The fourth-order valence-corrected chi connectivity index (χ4v) is 4.19. The SMILES string of the molecule is Cc1ccc(-c2nnc(SCC(=O)Nc3c(C)nn(C)c3C)n2-c2ccc(C)cc2)cc1. The van der Waals surface area contributed by atoms with Crippen molar-refractivity contribution in [2.75, 3.05) is 11.1 Å². The van der Waals surface area contributed by atoms with Crippen LogP contribution in [0.15, 0.2) is 53.7 Å². The summed E-state index contributed by atoms with van der Waals surface area (Å²) in [6.45, 7) is 7.93. The third-order valence-electron chi connectivity index (χ3n) is 5.34. The average molecular weight is 447 g/mol. The number of hydrogen-bond donors (Lipinski definition) is 1. The minimum absolute atomic E-state index is 0.107. The third kappa shape index (κ3) is 4.45. The van der Waals surface area contributed by atoms with E-state index in [0.717, 1.165) is 34.2 Å². The fourth-order valence-electron chi connectivity index (χ4n) is 3.44. The minimum atomic E-state index is -0.107. The zero-order valence-corrected chi connectivity index (χ0v) is 19.7. The van der Waals surface area contributed by atoms with Crippen molar-refractivity contribution in [2.45, 2.75) is 32.9 Å². The number of hydrogen-bond acceptors (Lipinski definition) is 5. The summed E-state index contributed by atoms with van der Waals surface area (Å²) in [5, 5.41) is 16.9. The number of nitrogens with one attached hydrogen (secondary N) is 1. The molecule has 164 valence electrons. The Labute approximate surface area is 191 Å². The number of thioether (sulfide) groups is 1. The van der Waals surface area contributed by atoms with Crippen molar-refractivity contribution in [3.63, 3.8) is 0 Å². The molecule has 7 nitrogen and oxygen atoms in total. The zero-order chi connectivity index (χ0) is 22.8. The van der Waals surface area contributed by atoms with E-state index < -0.39 is 0 Å². The van der Waals surface area contributed by atoms with E-state index in [1.807, 2.05) is 49.7 Å². The van der Waals surface area contributed by atoms with Gasteiger partial charge in [0.25, 0.3) is 0 Å². The van der Waals surface area contributed by atoms with Crippen LogP contribution in [-0.2, 0) is 11.8 Å². The lowest BCUT2D eigenvalue weighted by Crippen LogP contribution is -2.15. The van der Waals surface area contributed by atoms with Crippen molar-refractivity contribution < 1.29 is 4.79 Å². The summed E-state index contributed by atoms with van der Waals surface area (Å²) in [6, 6.07) is 16.4. The van der Waals surface area contributed by atoms with Crippen LogP contribution in [0.3, 0.4) is 0 Å². The Kier molecular flexibility index (Phi) is 6.14. The number of rotatable bonds is 6. The van der Waals surface area contributed by atoms with Gasteiger partial charge in [-0.2, -0.15) is 5.10 Å². The van der Waals surface area contributed by atoms with Crippen molar-refractivity contribution in [3.8, 4) is 17.1 Å². The molecule has 1 N–H and O–H groups in total. The van der Waals surface area contributed by atoms with E-state index >= 15 is 0 Å². The molecule has 2 aromatic heterocycles. The molecule has 0 atom stereocenters. The highest BCUT2D eigenvalue weighted by Crippen LogP contribution is 2.29. The summed E-state index contributed by atoms with van der Waals surface area (Å²) in [5.41, 5.74) is 6.77. The number of aromatic nitrogens is 5. The second-order valence-corrected chi connectivity index (χ2v) is 8.79. The molecular weight excluding hydrogens is 420 g/mol. The number of carbonyl (C=O) groups excluding carboxylic acids is 1. The smallest absolute Gasteiger partial charge is 0.234 e. The van der Waals surface area contributed by atoms with E-state index in [1.54, 1.807) is 4.68 Å². The number of aryl methyl sites for hydroxylation is 4. The first-order valence-corrected chi connectivity index (χ1v) is 11.3. The van der Waals surface area contributed by atoms with Gasteiger partial charge in [0.05, 0.1) is 22.8 Å². The van der Waals surface area contributed by atoms with Crippen LogP contribution in [0.25, 0.3) is 17.1 Å². The lowest BCUT2D eigenvalue weighted by Gasteiger charge is -2.11. The highest BCUT2D eigenvalue weighted by molar-refractivity contribution is 7.99. The molecule has 0 bridgehead atoms. The molecule has 0 aliphatic rings. The molecule has 0 radical (unpaired) electrons. The normalized spacial score (nSPS) is 11.0. The maximum absolute atomic E-state index is 12.7. The van der Waals surface area contributed by atoms with Crippen LogP contribution in [-0.4, -0.2) is 36.2 Å². The molecule has 4 aromatic rings. The molecule has 0 fully saturated rings. The lowest BCUT2D eigenvalue weighted by molar-refractivity contribution is -0.113. The Morgan fingerprint density at radius 1 is 0.938 bits per heavy atom. The number of amides is 1. The Morgan fingerprint density at radius 3 is 2.16 bits per heavy atom. The number of carbonyl (C=O) groups is 1. The molecule has 0 saturated carbocycles. The van der Waals surface area contributed by atoms with Gasteiger partial charge >= 0.3 is 0 Å². The summed E-state index contributed by atoms with van der Waals surface area (Å²) in [5.74, 6) is 0.853. The Balaban J connectivity index is 1.61. The molecule has 0 spiro atoms. The van der Waals surface area contributed by atoms with Gasteiger partial charge < -0.3 is 5.32 Å².